The van der Waals surface area contributed by atoms with Crippen LogP contribution >= 0.6 is 11.8 Å². The Hall–Kier alpha value is -0.260. The van der Waals surface area contributed by atoms with E-state index >= 15 is 0 Å². The lowest BCUT2D eigenvalue weighted by Gasteiger charge is -2.41. The summed E-state index contributed by atoms with van der Waals surface area (Å²) >= 11 is 1.94. The smallest absolute Gasteiger partial charge is 0.230 e. The zero-order valence-corrected chi connectivity index (χ0v) is 11.3. The first-order valence-corrected chi connectivity index (χ1v) is 7.42. The maximum absolute atomic E-state index is 12.6. The van der Waals surface area contributed by atoms with Gasteiger partial charge in [0, 0.05) is 43.9 Å². The molecule has 0 radical (unpaired) electrons. The topological polar surface area (TPSA) is 55.6 Å². The Labute approximate surface area is 107 Å². The molecule has 0 aromatic rings. The number of rotatable bonds is 2. The molecule has 1 atom stereocenters. The van der Waals surface area contributed by atoms with Crippen LogP contribution in [0.1, 0.15) is 19.8 Å². The Morgan fingerprint density at radius 3 is 2.82 bits per heavy atom. The number of hydrogen-bond acceptors (Lipinski definition) is 4. The van der Waals surface area contributed by atoms with Gasteiger partial charge < -0.3 is 15.4 Å². The van der Waals surface area contributed by atoms with Crippen LogP contribution in [-0.2, 0) is 9.53 Å². The van der Waals surface area contributed by atoms with Crippen molar-refractivity contribution in [2.24, 2.45) is 11.1 Å². The Morgan fingerprint density at radius 1 is 1.53 bits per heavy atom. The van der Waals surface area contributed by atoms with Gasteiger partial charge >= 0.3 is 0 Å². The molecule has 0 bridgehead atoms. The molecule has 0 spiro atoms. The van der Waals surface area contributed by atoms with E-state index in [1.54, 1.807) is 0 Å². The van der Waals surface area contributed by atoms with Crippen LogP contribution in [0.4, 0.5) is 0 Å². The number of carbonyl (C=O) groups excluding carboxylic acids is 1. The summed E-state index contributed by atoms with van der Waals surface area (Å²) in [5.41, 5.74) is 5.52. The van der Waals surface area contributed by atoms with Crippen LogP contribution in [0, 0.1) is 5.41 Å². The van der Waals surface area contributed by atoms with Crippen molar-refractivity contribution in [1.29, 1.82) is 0 Å². The third-order valence-electron chi connectivity index (χ3n) is 3.82. The van der Waals surface area contributed by atoms with E-state index in [4.69, 9.17) is 10.5 Å². The van der Waals surface area contributed by atoms with Crippen molar-refractivity contribution < 1.29 is 9.53 Å². The zero-order valence-electron chi connectivity index (χ0n) is 10.5. The highest BCUT2D eigenvalue weighted by molar-refractivity contribution is 7.99. The van der Waals surface area contributed by atoms with E-state index in [2.05, 4.69) is 6.92 Å². The monoisotopic (exact) mass is 258 g/mol. The van der Waals surface area contributed by atoms with Crippen molar-refractivity contribution in [2.45, 2.75) is 25.0 Å². The molecule has 17 heavy (non-hydrogen) atoms. The SMILES string of the molecule is CC1CN(C(=O)C2(CN)CCOCC2)CCS1. The fourth-order valence-corrected chi connectivity index (χ4v) is 3.62. The summed E-state index contributed by atoms with van der Waals surface area (Å²) in [6.45, 7) is 5.71. The first kappa shape index (κ1) is 13.2. The third-order valence-corrected chi connectivity index (χ3v) is 4.96. The van der Waals surface area contributed by atoms with E-state index in [1.165, 1.54) is 0 Å². The van der Waals surface area contributed by atoms with Crippen molar-refractivity contribution in [1.82, 2.24) is 4.90 Å². The van der Waals surface area contributed by atoms with Gasteiger partial charge in [0.15, 0.2) is 0 Å². The van der Waals surface area contributed by atoms with Gasteiger partial charge in [-0.05, 0) is 12.8 Å². The van der Waals surface area contributed by atoms with Crippen LogP contribution in [0.2, 0.25) is 0 Å². The number of carbonyl (C=O) groups is 1. The van der Waals surface area contributed by atoms with Crippen LogP contribution in [0.15, 0.2) is 0 Å². The van der Waals surface area contributed by atoms with Gasteiger partial charge in [-0.1, -0.05) is 6.92 Å². The molecule has 98 valence electrons. The molecular formula is C12H22N2O2S. The van der Waals surface area contributed by atoms with Crippen molar-refractivity contribution >= 4 is 17.7 Å². The normalized spacial score (nSPS) is 29.1. The minimum absolute atomic E-state index is 0.260. The number of amides is 1. The van der Waals surface area contributed by atoms with Gasteiger partial charge in [-0.25, -0.2) is 0 Å². The van der Waals surface area contributed by atoms with Gasteiger partial charge in [0.1, 0.15) is 0 Å². The van der Waals surface area contributed by atoms with Gasteiger partial charge in [-0.2, -0.15) is 11.8 Å². The lowest BCUT2D eigenvalue weighted by molar-refractivity contribution is -0.147. The number of nitrogens with zero attached hydrogens (tertiary/aromatic N) is 1. The molecule has 2 aliphatic heterocycles. The van der Waals surface area contributed by atoms with Crippen LogP contribution < -0.4 is 5.73 Å². The van der Waals surface area contributed by atoms with Crippen LogP contribution in [0.25, 0.3) is 0 Å². The second-order valence-electron chi connectivity index (χ2n) is 5.03. The Bertz CT molecular complexity index is 280. The predicted octanol–water partition coefficient (Wildman–Crippen LogP) is 0.706. The highest BCUT2D eigenvalue weighted by Crippen LogP contribution is 2.33. The lowest BCUT2D eigenvalue weighted by Crippen LogP contribution is -2.53. The molecule has 0 saturated carbocycles. The number of nitrogens with two attached hydrogens (primary N) is 1. The largest absolute Gasteiger partial charge is 0.381 e. The van der Waals surface area contributed by atoms with E-state index in [0.717, 1.165) is 31.7 Å². The van der Waals surface area contributed by atoms with Gasteiger partial charge in [-0.15, -0.1) is 0 Å². The molecule has 2 aliphatic rings. The summed E-state index contributed by atoms with van der Waals surface area (Å²) in [4.78, 5) is 14.6. The molecule has 1 unspecified atom stereocenters. The zero-order chi connectivity index (χ0) is 12.3. The average molecular weight is 258 g/mol. The molecule has 2 fully saturated rings. The molecule has 2 saturated heterocycles. The fourth-order valence-electron chi connectivity index (χ4n) is 2.61. The Kier molecular flexibility index (Phi) is 4.33. The summed E-state index contributed by atoms with van der Waals surface area (Å²) in [6, 6.07) is 0. The molecule has 2 heterocycles. The molecule has 4 nitrogen and oxygen atoms in total. The molecule has 0 aromatic heterocycles. The number of hydrogen-bond donors (Lipinski definition) is 1. The number of thioether (sulfide) groups is 1. The minimum Gasteiger partial charge on any atom is -0.381 e. The van der Waals surface area contributed by atoms with Crippen molar-refractivity contribution in [3.8, 4) is 0 Å². The van der Waals surface area contributed by atoms with E-state index in [-0.39, 0.29) is 11.3 Å². The molecule has 1 amide bonds. The van der Waals surface area contributed by atoms with Gasteiger partial charge in [0.2, 0.25) is 5.91 Å². The Morgan fingerprint density at radius 2 is 2.24 bits per heavy atom. The Balaban J connectivity index is 2.05. The van der Waals surface area contributed by atoms with Crippen LogP contribution in [-0.4, -0.2) is 54.7 Å². The van der Waals surface area contributed by atoms with Crippen LogP contribution in [0.3, 0.4) is 0 Å². The van der Waals surface area contributed by atoms with Gasteiger partial charge in [-0.3, -0.25) is 4.79 Å². The van der Waals surface area contributed by atoms with Crippen molar-refractivity contribution in [2.75, 3.05) is 38.6 Å². The highest BCUT2D eigenvalue weighted by atomic mass is 32.2. The number of ether oxygens (including phenoxy) is 1. The van der Waals surface area contributed by atoms with Crippen molar-refractivity contribution in [3.63, 3.8) is 0 Å². The third kappa shape index (κ3) is 2.77. The molecule has 0 aromatic carbocycles. The fraction of sp³-hybridized carbons (Fsp3) is 0.917. The summed E-state index contributed by atoms with van der Waals surface area (Å²) < 4.78 is 5.35. The quantitative estimate of drug-likeness (QED) is 0.792. The first-order valence-electron chi connectivity index (χ1n) is 6.37. The maximum Gasteiger partial charge on any atom is 0.230 e. The van der Waals surface area contributed by atoms with Crippen molar-refractivity contribution in [3.05, 3.63) is 0 Å². The summed E-state index contributed by atoms with van der Waals surface area (Å²) in [5, 5.41) is 0.544. The van der Waals surface area contributed by atoms with Gasteiger partial charge in [0.25, 0.3) is 0 Å². The van der Waals surface area contributed by atoms with Gasteiger partial charge in [0.05, 0.1) is 5.41 Å². The molecule has 5 heteroatoms. The van der Waals surface area contributed by atoms with E-state index in [9.17, 15) is 4.79 Å². The van der Waals surface area contributed by atoms with E-state index < -0.39 is 0 Å². The predicted molar refractivity (Wildman–Crippen MR) is 70.0 cm³/mol. The van der Waals surface area contributed by atoms with E-state index in [1.807, 2.05) is 16.7 Å². The molecular weight excluding hydrogens is 236 g/mol. The summed E-state index contributed by atoms with van der Waals surface area (Å²) in [7, 11) is 0. The minimum atomic E-state index is -0.347. The molecule has 2 rings (SSSR count). The maximum atomic E-state index is 12.6. The summed E-state index contributed by atoms with van der Waals surface area (Å²) in [6.07, 6.45) is 1.56. The summed E-state index contributed by atoms with van der Waals surface area (Å²) in [5.74, 6) is 1.31. The second-order valence-corrected chi connectivity index (χ2v) is 6.58. The average Bonchev–Trinajstić information content (AvgIpc) is 2.38. The highest BCUT2D eigenvalue weighted by Gasteiger charge is 2.42. The van der Waals surface area contributed by atoms with Crippen LogP contribution in [0.5, 0.6) is 0 Å². The van der Waals surface area contributed by atoms with E-state index in [0.29, 0.717) is 25.0 Å². The standard InChI is InChI=1S/C12H22N2O2S/c1-10-8-14(4-7-17-10)11(15)12(9-13)2-5-16-6-3-12/h10H,2-9,13H2,1H3. The lowest BCUT2D eigenvalue weighted by atomic mass is 9.79. The first-order chi connectivity index (χ1) is 8.18. The second kappa shape index (κ2) is 5.59. The molecule has 2 N–H and O–H groups in total. The molecule has 0 aliphatic carbocycles.